The average Bonchev–Trinajstić information content (AvgIpc) is 2.63. The molecule has 0 spiro atoms. The van der Waals surface area contributed by atoms with Crippen LogP contribution in [-0.2, 0) is 0 Å². The lowest BCUT2D eigenvalue weighted by Gasteiger charge is -2.21. The van der Waals surface area contributed by atoms with Crippen molar-refractivity contribution in [2.75, 3.05) is 50.0 Å². The molecule has 0 atom stereocenters. The summed E-state index contributed by atoms with van der Waals surface area (Å²) < 4.78 is 0. The number of anilines is 2. The van der Waals surface area contributed by atoms with E-state index >= 15 is 0 Å². The number of aromatic nitrogens is 1. The molecule has 1 fully saturated rings. The van der Waals surface area contributed by atoms with Gasteiger partial charge in [0.25, 0.3) is 0 Å². The monoisotopic (exact) mass is 279 g/mol. The summed E-state index contributed by atoms with van der Waals surface area (Å²) in [5.41, 5.74) is 0.0798. The SMILES string of the molecule is CCNc1ccc([N+](=O)[O-])c(N2CCCN(C)CC2)n1. The van der Waals surface area contributed by atoms with Gasteiger partial charge in [-0.1, -0.05) is 0 Å². The van der Waals surface area contributed by atoms with Gasteiger partial charge in [0.15, 0.2) is 0 Å². The minimum atomic E-state index is -0.354. The Kier molecular flexibility index (Phi) is 4.73. The number of hydrogen-bond acceptors (Lipinski definition) is 6. The molecule has 110 valence electrons. The van der Waals surface area contributed by atoms with Gasteiger partial charge in [0.1, 0.15) is 5.82 Å². The van der Waals surface area contributed by atoms with Crippen LogP contribution in [0.15, 0.2) is 12.1 Å². The first-order valence-electron chi connectivity index (χ1n) is 6.94. The van der Waals surface area contributed by atoms with Crippen molar-refractivity contribution in [3.8, 4) is 0 Å². The van der Waals surface area contributed by atoms with Gasteiger partial charge in [0, 0.05) is 32.2 Å². The molecule has 2 heterocycles. The third kappa shape index (κ3) is 3.36. The lowest BCUT2D eigenvalue weighted by Crippen LogP contribution is -2.30. The van der Waals surface area contributed by atoms with E-state index in [1.807, 2.05) is 11.8 Å². The maximum Gasteiger partial charge on any atom is 0.311 e. The highest BCUT2D eigenvalue weighted by molar-refractivity contribution is 5.61. The van der Waals surface area contributed by atoms with Crippen LogP contribution < -0.4 is 10.2 Å². The highest BCUT2D eigenvalue weighted by atomic mass is 16.6. The van der Waals surface area contributed by atoms with Crippen molar-refractivity contribution in [2.45, 2.75) is 13.3 Å². The smallest absolute Gasteiger partial charge is 0.311 e. The van der Waals surface area contributed by atoms with Crippen molar-refractivity contribution in [3.05, 3.63) is 22.2 Å². The predicted octanol–water partition coefficient (Wildman–Crippen LogP) is 1.56. The molecule has 0 aromatic carbocycles. The quantitative estimate of drug-likeness (QED) is 0.666. The fourth-order valence-electron chi connectivity index (χ4n) is 2.35. The van der Waals surface area contributed by atoms with E-state index in [0.717, 1.165) is 39.1 Å². The van der Waals surface area contributed by atoms with E-state index in [1.54, 1.807) is 6.07 Å². The van der Waals surface area contributed by atoms with Crippen LogP contribution in [-0.4, -0.2) is 54.6 Å². The second-order valence-corrected chi connectivity index (χ2v) is 4.97. The molecule has 0 radical (unpaired) electrons. The molecule has 1 N–H and O–H groups in total. The Labute approximate surface area is 118 Å². The number of hydrogen-bond donors (Lipinski definition) is 1. The largest absolute Gasteiger partial charge is 0.370 e. The average molecular weight is 279 g/mol. The Morgan fingerprint density at radius 3 is 2.85 bits per heavy atom. The Morgan fingerprint density at radius 2 is 2.15 bits per heavy atom. The Hall–Kier alpha value is -1.89. The predicted molar refractivity (Wildman–Crippen MR) is 79.4 cm³/mol. The molecule has 0 amide bonds. The second-order valence-electron chi connectivity index (χ2n) is 4.97. The van der Waals surface area contributed by atoms with E-state index in [1.165, 1.54) is 6.07 Å². The number of likely N-dealkylation sites (N-methyl/N-ethyl adjacent to an activating group) is 1. The molecule has 1 saturated heterocycles. The molecule has 7 heteroatoms. The molecule has 0 aliphatic carbocycles. The van der Waals surface area contributed by atoms with Crippen LogP contribution >= 0.6 is 0 Å². The summed E-state index contributed by atoms with van der Waals surface area (Å²) in [6.07, 6.45) is 0.987. The van der Waals surface area contributed by atoms with Gasteiger partial charge in [0.05, 0.1) is 4.92 Å². The first-order chi connectivity index (χ1) is 9.61. The van der Waals surface area contributed by atoms with E-state index in [2.05, 4.69) is 22.2 Å². The standard InChI is InChI=1S/C13H21N5O2/c1-3-14-12-6-5-11(18(19)20)13(15-12)17-8-4-7-16(2)9-10-17/h5-6H,3-4,7-10H2,1-2H3,(H,14,15). The third-order valence-electron chi connectivity index (χ3n) is 3.43. The lowest BCUT2D eigenvalue weighted by atomic mass is 10.3. The van der Waals surface area contributed by atoms with E-state index < -0.39 is 0 Å². The first kappa shape index (κ1) is 14.5. The zero-order chi connectivity index (χ0) is 14.5. The lowest BCUT2D eigenvalue weighted by molar-refractivity contribution is -0.384. The molecule has 2 rings (SSSR count). The van der Waals surface area contributed by atoms with Crippen LogP contribution in [0, 0.1) is 10.1 Å². The zero-order valence-corrected chi connectivity index (χ0v) is 12.0. The van der Waals surface area contributed by atoms with Crippen LogP contribution in [0.1, 0.15) is 13.3 Å². The molecule has 1 aromatic rings. The molecule has 7 nitrogen and oxygen atoms in total. The Morgan fingerprint density at radius 1 is 1.35 bits per heavy atom. The third-order valence-corrected chi connectivity index (χ3v) is 3.43. The van der Waals surface area contributed by atoms with Crippen LogP contribution in [0.2, 0.25) is 0 Å². The Bertz CT molecular complexity index is 480. The zero-order valence-electron chi connectivity index (χ0n) is 12.0. The molecule has 1 aliphatic heterocycles. The van der Waals surface area contributed by atoms with Gasteiger partial charge in [-0.25, -0.2) is 4.98 Å². The van der Waals surface area contributed by atoms with E-state index in [0.29, 0.717) is 11.6 Å². The van der Waals surface area contributed by atoms with Gasteiger partial charge >= 0.3 is 5.69 Å². The maximum atomic E-state index is 11.2. The fraction of sp³-hybridized carbons (Fsp3) is 0.615. The minimum absolute atomic E-state index is 0.0798. The summed E-state index contributed by atoms with van der Waals surface area (Å²) in [5, 5.41) is 14.3. The van der Waals surface area contributed by atoms with E-state index in [-0.39, 0.29) is 10.6 Å². The number of nitrogens with zero attached hydrogens (tertiary/aromatic N) is 4. The van der Waals surface area contributed by atoms with Gasteiger partial charge in [0.2, 0.25) is 5.82 Å². The summed E-state index contributed by atoms with van der Waals surface area (Å²) in [6.45, 7) is 6.19. The van der Waals surface area contributed by atoms with Crippen molar-refractivity contribution in [1.82, 2.24) is 9.88 Å². The second kappa shape index (κ2) is 6.51. The van der Waals surface area contributed by atoms with Gasteiger partial charge in [-0.15, -0.1) is 0 Å². The molecule has 0 bridgehead atoms. The molecule has 1 aliphatic rings. The minimum Gasteiger partial charge on any atom is -0.370 e. The number of pyridine rings is 1. The number of nitrogens with one attached hydrogen (secondary N) is 1. The normalized spacial score (nSPS) is 16.8. The summed E-state index contributed by atoms with van der Waals surface area (Å²) in [5.74, 6) is 1.16. The number of nitro groups is 1. The maximum absolute atomic E-state index is 11.2. The van der Waals surface area contributed by atoms with Crippen LogP contribution in [0.25, 0.3) is 0 Å². The summed E-state index contributed by atoms with van der Waals surface area (Å²) in [4.78, 5) is 19.5. The van der Waals surface area contributed by atoms with Crippen molar-refractivity contribution >= 4 is 17.3 Å². The first-order valence-corrected chi connectivity index (χ1v) is 6.94. The van der Waals surface area contributed by atoms with Crippen molar-refractivity contribution in [3.63, 3.8) is 0 Å². The van der Waals surface area contributed by atoms with Gasteiger partial charge < -0.3 is 15.1 Å². The van der Waals surface area contributed by atoms with Crippen LogP contribution in [0.4, 0.5) is 17.3 Å². The molecule has 0 saturated carbocycles. The Balaban J connectivity index is 2.30. The molecule has 20 heavy (non-hydrogen) atoms. The summed E-state index contributed by atoms with van der Waals surface area (Å²) >= 11 is 0. The van der Waals surface area contributed by atoms with Crippen molar-refractivity contribution in [1.29, 1.82) is 0 Å². The van der Waals surface area contributed by atoms with Crippen molar-refractivity contribution < 1.29 is 4.92 Å². The van der Waals surface area contributed by atoms with E-state index in [9.17, 15) is 10.1 Å². The molecular weight excluding hydrogens is 258 g/mol. The summed E-state index contributed by atoms with van der Waals surface area (Å²) in [7, 11) is 2.07. The van der Waals surface area contributed by atoms with Gasteiger partial charge in [-0.05, 0) is 33.0 Å². The van der Waals surface area contributed by atoms with E-state index in [4.69, 9.17) is 0 Å². The summed E-state index contributed by atoms with van der Waals surface area (Å²) in [6, 6.07) is 3.20. The highest BCUT2D eigenvalue weighted by Gasteiger charge is 2.23. The molecule has 0 unspecified atom stereocenters. The van der Waals surface area contributed by atoms with Crippen molar-refractivity contribution in [2.24, 2.45) is 0 Å². The van der Waals surface area contributed by atoms with Crippen LogP contribution in [0.3, 0.4) is 0 Å². The molecular formula is C13H21N5O2. The van der Waals surface area contributed by atoms with Gasteiger partial charge in [-0.3, -0.25) is 10.1 Å². The number of rotatable bonds is 4. The topological polar surface area (TPSA) is 74.5 Å². The molecule has 1 aromatic heterocycles. The van der Waals surface area contributed by atoms with Crippen LogP contribution in [0.5, 0.6) is 0 Å². The highest BCUT2D eigenvalue weighted by Crippen LogP contribution is 2.28. The fourth-order valence-corrected chi connectivity index (χ4v) is 2.35. The van der Waals surface area contributed by atoms with Gasteiger partial charge in [-0.2, -0.15) is 0 Å².